The van der Waals surface area contributed by atoms with Crippen LogP contribution >= 0.6 is 11.6 Å². The van der Waals surface area contributed by atoms with Crippen molar-refractivity contribution in [1.29, 1.82) is 0 Å². The van der Waals surface area contributed by atoms with Gasteiger partial charge in [0.2, 0.25) is 0 Å². The first-order valence-corrected chi connectivity index (χ1v) is 7.85. The summed E-state index contributed by atoms with van der Waals surface area (Å²) in [6.45, 7) is 1.90. The third kappa shape index (κ3) is 3.60. The molecule has 3 rings (SSSR count). The average molecular weight is 339 g/mol. The van der Waals surface area contributed by atoms with Gasteiger partial charge >= 0.3 is 0 Å². The molecule has 0 radical (unpaired) electrons. The molecule has 1 heterocycles. The largest absolute Gasteiger partial charge is 0.289 e. The highest BCUT2D eigenvalue weighted by Gasteiger charge is 2.13. The van der Waals surface area contributed by atoms with Crippen molar-refractivity contribution in [1.82, 2.24) is 10.2 Å². The highest BCUT2D eigenvalue weighted by Crippen LogP contribution is 2.19. The van der Waals surface area contributed by atoms with Crippen molar-refractivity contribution < 1.29 is 4.79 Å². The van der Waals surface area contributed by atoms with Crippen molar-refractivity contribution in [2.45, 2.75) is 13.3 Å². The smallest absolute Gasteiger partial charge is 0.264 e. The summed E-state index contributed by atoms with van der Waals surface area (Å²) in [6.07, 6.45) is 0.535. The van der Waals surface area contributed by atoms with Gasteiger partial charge in [-0.3, -0.25) is 9.59 Å². The van der Waals surface area contributed by atoms with Crippen molar-refractivity contribution >= 4 is 17.4 Å². The number of carbonyl (C=O) groups is 1. The number of hydrogen-bond acceptors (Lipinski definition) is 3. The van der Waals surface area contributed by atoms with E-state index in [1.54, 1.807) is 30.3 Å². The van der Waals surface area contributed by atoms with Crippen molar-refractivity contribution in [3.05, 3.63) is 97.9 Å². The summed E-state index contributed by atoms with van der Waals surface area (Å²) in [5, 5.41) is 6.95. The fourth-order valence-electron chi connectivity index (χ4n) is 2.49. The Labute approximate surface area is 144 Å². The predicted molar refractivity (Wildman–Crippen MR) is 93.7 cm³/mol. The summed E-state index contributed by atoms with van der Waals surface area (Å²) >= 11 is 5.98. The molecule has 2 aromatic carbocycles. The fourth-order valence-corrected chi connectivity index (χ4v) is 2.68. The van der Waals surface area contributed by atoms with Gasteiger partial charge in [0.05, 0.1) is 5.69 Å². The molecule has 1 aromatic heterocycles. The molecule has 0 fully saturated rings. The molecule has 0 amide bonds. The van der Waals surface area contributed by atoms with Crippen LogP contribution in [-0.2, 0) is 6.42 Å². The van der Waals surface area contributed by atoms with Crippen LogP contribution in [-0.4, -0.2) is 16.0 Å². The van der Waals surface area contributed by atoms with Gasteiger partial charge in [-0.1, -0.05) is 35.9 Å². The van der Waals surface area contributed by atoms with Gasteiger partial charge in [0.25, 0.3) is 5.56 Å². The van der Waals surface area contributed by atoms with Crippen molar-refractivity contribution in [3.63, 3.8) is 0 Å². The van der Waals surface area contributed by atoms with Gasteiger partial charge in [-0.25, -0.2) is 5.10 Å². The van der Waals surface area contributed by atoms with E-state index in [1.165, 1.54) is 6.07 Å². The Morgan fingerprint density at radius 3 is 2.67 bits per heavy atom. The zero-order valence-electron chi connectivity index (χ0n) is 13.0. The molecule has 1 N–H and O–H groups in total. The second kappa shape index (κ2) is 6.81. The first kappa shape index (κ1) is 16.1. The minimum absolute atomic E-state index is 0.0636. The number of nitrogens with zero attached hydrogens (tertiary/aromatic N) is 1. The fraction of sp³-hybridized carbons (Fsp3) is 0.105. The lowest BCUT2D eigenvalue weighted by molar-refractivity contribution is 0.103. The Kier molecular flexibility index (Phi) is 4.58. The van der Waals surface area contributed by atoms with Crippen molar-refractivity contribution in [2.75, 3.05) is 0 Å². The number of aromatic nitrogens is 2. The summed E-state index contributed by atoms with van der Waals surface area (Å²) in [5.41, 5.74) is 3.55. The number of rotatable bonds is 4. The van der Waals surface area contributed by atoms with Crippen LogP contribution < -0.4 is 5.56 Å². The number of benzene rings is 2. The Morgan fingerprint density at radius 2 is 1.96 bits per heavy atom. The van der Waals surface area contributed by atoms with Gasteiger partial charge in [0, 0.05) is 28.6 Å². The molecule has 5 heteroatoms. The number of aryl methyl sites for hydroxylation is 1. The standard InChI is InChI=1S/C19H15ClN2O2/c1-12-5-6-13(9-16-7-8-18(23)22-21-16)10-17(12)19(24)14-3-2-4-15(20)11-14/h2-8,10-11H,9H2,1H3,(H,22,23). The minimum atomic E-state index is -0.237. The van der Waals surface area contributed by atoms with E-state index in [-0.39, 0.29) is 11.3 Å². The third-order valence-electron chi connectivity index (χ3n) is 3.76. The first-order chi connectivity index (χ1) is 11.5. The molecule has 0 unspecified atom stereocenters. The molecule has 3 aromatic rings. The maximum Gasteiger partial charge on any atom is 0.264 e. The zero-order valence-corrected chi connectivity index (χ0v) is 13.8. The lowest BCUT2D eigenvalue weighted by Gasteiger charge is -2.09. The topological polar surface area (TPSA) is 62.8 Å². The SMILES string of the molecule is Cc1ccc(Cc2ccc(=O)[nH]n2)cc1C(=O)c1cccc(Cl)c1. The van der Waals surface area contributed by atoms with Crippen molar-refractivity contribution in [3.8, 4) is 0 Å². The monoisotopic (exact) mass is 338 g/mol. The summed E-state index contributed by atoms with van der Waals surface area (Å²) in [7, 11) is 0. The minimum Gasteiger partial charge on any atom is -0.289 e. The van der Waals surface area contributed by atoms with Gasteiger partial charge in [-0.15, -0.1) is 0 Å². The number of hydrogen-bond donors (Lipinski definition) is 1. The van der Waals surface area contributed by atoms with E-state index in [2.05, 4.69) is 10.2 Å². The van der Waals surface area contributed by atoms with Crippen LogP contribution in [0.5, 0.6) is 0 Å². The molecular formula is C19H15ClN2O2. The molecule has 0 saturated carbocycles. The molecule has 0 bridgehead atoms. The normalized spacial score (nSPS) is 10.6. The highest BCUT2D eigenvalue weighted by molar-refractivity contribution is 6.31. The Morgan fingerprint density at radius 1 is 1.12 bits per heavy atom. The molecule has 0 atom stereocenters. The number of halogens is 1. The Bertz CT molecular complexity index is 943. The second-order valence-corrected chi connectivity index (χ2v) is 6.01. The van der Waals surface area contributed by atoms with Gasteiger partial charge in [-0.2, -0.15) is 5.10 Å². The van der Waals surface area contributed by atoms with Crippen LogP contribution in [0.3, 0.4) is 0 Å². The molecule has 0 saturated heterocycles. The molecule has 0 aliphatic carbocycles. The van der Waals surface area contributed by atoms with Crippen LogP contribution in [0.1, 0.15) is 32.7 Å². The average Bonchev–Trinajstić information content (AvgIpc) is 2.58. The summed E-state index contributed by atoms with van der Waals surface area (Å²) in [6, 6.07) is 15.8. The van der Waals surface area contributed by atoms with E-state index >= 15 is 0 Å². The van der Waals surface area contributed by atoms with Crippen LogP contribution in [0.15, 0.2) is 59.4 Å². The molecule has 120 valence electrons. The Balaban J connectivity index is 1.92. The van der Waals surface area contributed by atoms with Crippen LogP contribution in [0.4, 0.5) is 0 Å². The van der Waals surface area contributed by atoms with E-state index in [4.69, 9.17) is 11.6 Å². The summed E-state index contributed by atoms with van der Waals surface area (Å²) in [5.74, 6) is -0.0636. The van der Waals surface area contributed by atoms with E-state index < -0.39 is 0 Å². The number of H-pyrrole nitrogens is 1. The summed E-state index contributed by atoms with van der Waals surface area (Å²) in [4.78, 5) is 23.8. The van der Waals surface area contributed by atoms with Crippen LogP contribution in [0, 0.1) is 6.92 Å². The zero-order chi connectivity index (χ0) is 17.1. The van der Waals surface area contributed by atoms with Gasteiger partial charge in [0.15, 0.2) is 5.78 Å². The lowest BCUT2D eigenvalue weighted by atomic mass is 9.95. The first-order valence-electron chi connectivity index (χ1n) is 7.47. The molecule has 0 aliphatic heterocycles. The maximum absolute atomic E-state index is 12.7. The van der Waals surface area contributed by atoms with Crippen LogP contribution in [0.25, 0.3) is 0 Å². The quantitative estimate of drug-likeness (QED) is 0.740. The van der Waals surface area contributed by atoms with E-state index in [0.717, 1.165) is 16.8 Å². The molecular weight excluding hydrogens is 324 g/mol. The maximum atomic E-state index is 12.7. The molecule has 0 aliphatic rings. The number of carbonyl (C=O) groups excluding carboxylic acids is 1. The van der Waals surface area contributed by atoms with Gasteiger partial charge < -0.3 is 0 Å². The second-order valence-electron chi connectivity index (χ2n) is 5.58. The summed E-state index contributed by atoms with van der Waals surface area (Å²) < 4.78 is 0. The number of nitrogens with one attached hydrogen (secondary N) is 1. The van der Waals surface area contributed by atoms with E-state index in [9.17, 15) is 9.59 Å². The lowest BCUT2D eigenvalue weighted by Crippen LogP contribution is -2.08. The van der Waals surface area contributed by atoms with Crippen LogP contribution in [0.2, 0.25) is 5.02 Å². The highest BCUT2D eigenvalue weighted by atomic mass is 35.5. The number of aromatic amines is 1. The number of ketones is 1. The van der Waals surface area contributed by atoms with E-state index in [0.29, 0.717) is 22.6 Å². The predicted octanol–water partition coefficient (Wildman–Crippen LogP) is 3.55. The Hall–Kier alpha value is -2.72. The van der Waals surface area contributed by atoms with Gasteiger partial charge in [-0.05, 0) is 42.3 Å². The van der Waals surface area contributed by atoms with Gasteiger partial charge in [0.1, 0.15) is 0 Å². The molecule has 24 heavy (non-hydrogen) atoms. The molecule has 0 spiro atoms. The molecule has 4 nitrogen and oxygen atoms in total. The van der Waals surface area contributed by atoms with Crippen molar-refractivity contribution in [2.24, 2.45) is 0 Å². The van der Waals surface area contributed by atoms with E-state index in [1.807, 2.05) is 25.1 Å². The third-order valence-corrected chi connectivity index (χ3v) is 3.99.